The van der Waals surface area contributed by atoms with Crippen LogP contribution in [-0.2, 0) is 6.42 Å². The first-order valence-electron chi connectivity index (χ1n) is 7.20. The molecule has 22 heavy (non-hydrogen) atoms. The summed E-state index contributed by atoms with van der Waals surface area (Å²) in [6.07, 6.45) is 0.888. The lowest BCUT2D eigenvalue weighted by atomic mass is 10.1. The fourth-order valence-electron chi connectivity index (χ4n) is 2.31. The molecule has 112 valence electrons. The predicted molar refractivity (Wildman–Crippen MR) is 94.8 cm³/mol. The van der Waals surface area contributed by atoms with Crippen molar-refractivity contribution in [2.24, 2.45) is 0 Å². The minimum absolute atomic E-state index is 0.0202. The second kappa shape index (κ2) is 6.90. The maximum Gasteiger partial charge on any atom is 0.261 e. The number of aryl methyl sites for hydroxylation is 1. The molecule has 0 saturated carbocycles. The van der Waals surface area contributed by atoms with E-state index in [0.717, 1.165) is 16.9 Å². The van der Waals surface area contributed by atoms with Gasteiger partial charge in [-0.05, 0) is 42.0 Å². The monoisotopic (exact) mass is 327 g/mol. The van der Waals surface area contributed by atoms with Crippen LogP contribution in [0.25, 0.3) is 10.4 Å². The summed E-state index contributed by atoms with van der Waals surface area (Å²) in [5, 5.41) is 5.07. The third-order valence-electron chi connectivity index (χ3n) is 3.41. The summed E-state index contributed by atoms with van der Waals surface area (Å²) < 4.78 is 0. The third-order valence-corrected chi connectivity index (χ3v) is 5.64. The minimum Gasteiger partial charge on any atom is -0.351 e. The number of nitrogens with one attached hydrogen (secondary N) is 1. The molecule has 0 atom stereocenters. The smallest absolute Gasteiger partial charge is 0.261 e. The topological polar surface area (TPSA) is 29.1 Å². The number of carbonyl (C=O) groups excluding carboxylic acids is 1. The number of carbonyl (C=O) groups is 1. The van der Waals surface area contributed by atoms with Gasteiger partial charge in [-0.25, -0.2) is 0 Å². The zero-order valence-electron chi connectivity index (χ0n) is 12.3. The van der Waals surface area contributed by atoms with E-state index in [4.69, 9.17) is 0 Å². The second-order valence-corrected chi connectivity index (χ2v) is 7.16. The quantitative estimate of drug-likeness (QED) is 0.719. The highest BCUT2D eigenvalue weighted by atomic mass is 32.1. The molecule has 1 N–H and O–H groups in total. The largest absolute Gasteiger partial charge is 0.351 e. The minimum atomic E-state index is 0.0202. The van der Waals surface area contributed by atoms with Gasteiger partial charge in [0.1, 0.15) is 0 Å². The molecule has 2 nitrogen and oxygen atoms in total. The van der Waals surface area contributed by atoms with E-state index in [1.54, 1.807) is 22.7 Å². The highest BCUT2D eigenvalue weighted by Crippen LogP contribution is 2.32. The summed E-state index contributed by atoms with van der Waals surface area (Å²) in [5.74, 6) is 0.0202. The number of benzene rings is 1. The second-order valence-electron chi connectivity index (χ2n) is 5.07. The van der Waals surface area contributed by atoms with Gasteiger partial charge in [-0.15, -0.1) is 22.7 Å². The molecule has 0 spiro atoms. The Morgan fingerprint density at radius 2 is 1.95 bits per heavy atom. The van der Waals surface area contributed by atoms with Crippen molar-refractivity contribution in [3.05, 3.63) is 69.2 Å². The van der Waals surface area contributed by atoms with E-state index in [-0.39, 0.29) is 5.91 Å². The van der Waals surface area contributed by atoms with Crippen LogP contribution in [0.2, 0.25) is 0 Å². The molecule has 2 aromatic heterocycles. The van der Waals surface area contributed by atoms with Gasteiger partial charge in [-0.1, -0.05) is 36.4 Å². The Morgan fingerprint density at radius 1 is 1.14 bits per heavy atom. The van der Waals surface area contributed by atoms with Crippen molar-refractivity contribution >= 4 is 28.6 Å². The van der Waals surface area contributed by atoms with Crippen molar-refractivity contribution < 1.29 is 4.79 Å². The number of rotatable bonds is 5. The first-order valence-corrected chi connectivity index (χ1v) is 8.90. The van der Waals surface area contributed by atoms with Crippen molar-refractivity contribution in [1.82, 2.24) is 5.32 Å². The van der Waals surface area contributed by atoms with Crippen molar-refractivity contribution in [1.29, 1.82) is 0 Å². The Kier molecular flexibility index (Phi) is 4.71. The summed E-state index contributed by atoms with van der Waals surface area (Å²) in [4.78, 5) is 15.5. The van der Waals surface area contributed by atoms with E-state index in [0.29, 0.717) is 6.54 Å². The van der Waals surface area contributed by atoms with E-state index < -0.39 is 0 Å². The standard InChI is InChI=1S/C18H17NOS2/c1-13-12-16(22-17(13)14-6-3-2-4-7-14)18(20)19-10-9-15-8-5-11-21-15/h2-8,11-12H,9-10H2,1H3,(H,19,20). The predicted octanol–water partition coefficient (Wildman–Crippen LogP) is 4.76. The van der Waals surface area contributed by atoms with Gasteiger partial charge in [0.15, 0.2) is 0 Å². The molecule has 0 aliphatic carbocycles. The summed E-state index contributed by atoms with van der Waals surface area (Å²) in [6.45, 7) is 2.73. The van der Waals surface area contributed by atoms with Gasteiger partial charge >= 0.3 is 0 Å². The van der Waals surface area contributed by atoms with Gasteiger partial charge in [-0.3, -0.25) is 4.79 Å². The van der Waals surface area contributed by atoms with Crippen LogP contribution >= 0.6 is 22.7 Å². The van der Waals surface area contributed by atoms with Crippen LogP contribution in [0.15, 0.2) is 53.9 Å². The lowest BCUT2D eigenvalue weighted by Crippen LogP contribution is -2.24. The molecule has 1 amide bonds. The average Bonchev–Trinajstić information content (AvgIpc) is 3.17. The van der Waals surface area contributed by atoms with Crippen molar-refractivity contribution in [3.63, 3.8) is 0 Å². The Balaban J connectivity index is 1.66. The molecule has 2 heterocycles. The number of hydrogen-bond acceptors (Lipinski definition) is 3. The molecule has 0 aliphatic heterocycles. The van der Waals surface area contributed by atoms with Gasteiger partial charge in [0, 0.05) is 16.3 Å². The lowest BCUT2D eigenvalue weighted by Gasteiger charge is -2.02. The highest BCUT2D eigenvalue weighted by molar-refractivity contribution is 7.17. The fraction of sp³-hybridized carbons (Fsp3) is 0.167. The molecular formula is C18H17NOS2. The zero-order valence-corrected chi connectivity index (χ0v) is 14.0. The van der Waals surface area contributed by atoms with Crippen molar-refractivity contribution in [2.45, 2.75) is 13.3 Å². The van der Waals surface area contributed by atoms with Crippen LogP contribution in [0.4, 0.5) is 0 Å². The Hall–Kier alpha value is -1.91. The number of hydrogen-bond donors (Lipinski definition) is 1. The number of amides is 1. The fourth-order valence-corrected chi connectivity index (χ4v) is 4.11. The Bertz CT molecular complexity index is 745. The van der Waals surface area contributed by atoms with E-state index in [1.807, 2.05) is 30.3 Å². The van der Waals surface area contributed by atoms with Gasteiger partial charge in [0.2, 0.25) is 0 Å². The van der Waals surface area contributed by atoms with Crippen LogP contribution < -0.4 is 5.32 Å². The maximum atomic E-state index is 12.3. The molecule has 0 saturated heterocycles. The van der Waals surface area contributed by atoms with Crippen molar-refractivity contribution in [3.8, 4) is 10.4 Å². The van der Waals surface area contributed by atoms with E-state index in [1.165, 1.54) is 15.3 Å². The summed E-state index contributed by atoms with van der Waals surface area (Å²) in [7, 11) is 0. The summed E-state index contributed by atoms with van der Waals surface area (Å²) in [5.41, 5.74) is 2.32. The first kappa shape index (κ1) is 15.0. The van der Waals surface area contributed by atoms with Crippen molar-refractivity contribution in [2.75, 3.05) is 6.54 Å². The molecule has 0 fully saturated rings. The van der Waals surface area contributed by atoms with Gasteiger partial charge in [0.25, 0.3) is 5.91 Å². The number of thiophene rings is 2. The molecule has 3 aromatic rings. The first-order chi connectivity index (χ1) is 10.7. The van der Waals surface area contributed by atoms with Gasteiger partial charge in [-0.2, -0.15) is 0 Å². The molecule has 0 bridgehead atoms. The Labute approximate surface area is 138 Å². The zero-order chi connectivity index (χ0) is 15.4. The van der Waals surface area contributed by atoms with E-state index in [2.05, 4.69) is 35.8 Å². The summed E-state index contributed by atoms with van der Waals surface area (Å²) in [6, 6.07) is 16.3. The van der Waals surface area contributed by atoms with E-state index in [9.17, 15) is 4.79 Å². The highest BCUT2D eigenvalue weighted by Gasteiger charge is 2.13. The van der Waals surface area contributed by atoms with Gasteiger partial charge < -0.3 is 5.32 Å². The normalized spacial score (nSPS) is 10.6. The summed E-state index contributed by atoms with van der Waals surface area (Å²) >= 11 is 3.28. The molecule has 1 aromatic carbocycles. The third kappa shape index (κ3) is 3.46. The van der Waals surface area contributed by atoms with Crippen LogP contribution in [0, 0.1) is 6.92 Å². The SMILES string of the molecule is Cc1cc(C(=O)NCCc2cccs2)sc1-c1ccccc1. The molecule has 3 rings (SSSR count). The Morgan fingerprint density at radius 3 is 2.68 bits per heavy atom. The van der Waals surface area contributed by atoms with Crippen LogP contribution in [-0.4, -0.2) is 12.5 Å². The maximum absolute atomic E-state index is 12.3. The average molecular weight is 327 g/mol. The van der Waals surface area contributed by atoms with Crippen LogP contribution in [0.1, 0.15) is 20.1 Å². The van der Waals surface area contributed by atoms with Crippen LogP contribution in [0.5, 0.6) is 0 Å². The molecule has 0 radical (unpaired) electrons. The molecule has 4 heteroatoms. The molecular weight excluding hydrogens is 310 g/mol. The molecule has 0 unspecified atom stereocenters. The van der Waals surface area contributed by atoms with E-state index >= 15 is 0 Å². The van der Waals surface area contributed by atoms with Crippen LogP contribution in [0.3, 0.4) is 0 Å². The molecule has 0 aliphatic rings. The lowest BCUT2D eigenvalue weighted by molar-refractivity contribution is 0.0958. The van der Waals surface area contributed by atoms with Gasteiger partial charge in [0.05, 0.1) is 4.88 Å².